The van der Waals surface area contributed by atoms with Crippen LogP contribution in [-0.2, 0) is 0 Å². The van der Waals surface area contributed by atoms with E-state index in [4.69, 9.17) is 0 Å². The van der Waals surface area contributed by atoms with Gasteiger partial charge in [-0.15, -0.1) is 0 Å². The molecule has 2 fully saturated rings. The largest absolute Gasteiger partial charge is 0.0848 e. The van der Waals surface area contributed by atoms with Crippen LogP contribution in [0.5, 0.6) is 0 Å². The lowest BCUT2D eigenvalue weighted by atomic mass is 9.82. The Morgan fingerprint density at radius 1 is 1.08 bits per heavy atom. The molecule has 0 aromatic rings. The predicted octanol–water partition coefficient (Wildman–Crippen LogP) is 3.27. The minimum atomic E-state index is 0.965. The fourth-order valence-electron chi connectivity index (χ4n) is 3.88. The van der Waals surface area contributed by atoms with Gasteiger partial charge in [0.25, 0.3) is 0 Å². The molecule has 3 rings (SSSR count). The summed E-state index contributed by atoms with van der Waals surface area (Å²) in [7, 11) is 0. The maximum atomic E-state index is 2.69. The van der Waals surface area contributed by atoms with E-state index in [1.54, 1.807) is 0 Å². The normalized spacial score (nSPS) is 61.2. The molecule has 2 bridgehead atoms. The van der Waals surface area contributed by atoms with Crippen LogP contribution < -0.4 is 0 Å². The van der Waals surface area contributed by atoms with E-state index in [2.05, 4.69) is 41.7 Å². The first kappa shape index (κ1) is 7.84. The third-order valence-corrected chi connectivity index (χ3v) is 5.59. The first-order valence-corrected chi connectivity index (χ1v) is 6.34. The second kappa shape index (κ2) is 2.49. The molecular formula is C11H15I. The molecule has 3 aliphatic rings. The van der Waals surface area contributed by atoms with E-state index < -0.39 is 0 Å². The lowest BCUT2D eigenvalue weighted by Crippen LogP contribution is -2.20. The third-order valence-electron chi connectivity index (χ3n) is 4.25. The molecule has 0 spiro atoms. The van der Waals surface area contributed by atoms with Crippen molar-refractivity contribution >= 4 is 22.6 Å². The highest BCUT2D eigenvalue weighted by atomic mass is 127. The quantitative estimate of drug-likeness (QED) is 0.361. The summed E-state index contributed by atoms with van der Waals surface area (Å²) >= 11 is 2.69. The molecule has 0 radical (unpaired) electrons. The number of alkyl halides is 1. The number of halogens is 1. The molecule has 0 N–H and O–H groups in total. The maximum absolute atomic E-state index is 2.69. The van der Waals surface area contributed by atoms with Gasteiger partial charge >= 0.3 is 0 Å². The van der Waals surface area contributed by atoms with Crippen molar-refractivity contribution in [2.75, 3.05) is 0 Å². The van der Waals surface area contributed by atoms with Crippen LogP contribution in [0.1, 0.15) is 19.8 Å². The Morgan fingerprint density at radius 2 is 1.75 bits per heavy atom. The zero-order chi connectivity index (χ0) is 8.29. The number of fused-ring (bicyclic) bond motifs is 5. The Morgan fingerprint density at radius 3 is 2.42 bits per heavy atom. The maximum Gasteiger partial charge on any atom is 0.0149 e. The highest BCUT2D eigenvalue weighted by Crippen LogP contribution is 2.59. The van der Waals surface area contributed by atoms with Crippen molar-refractivity contribution in [3.63, 3.8) is 0 Å². The van der Waals surface area contributed by atoms with E-state index in [1.807, 2.05) is 0 Å². The zero-order valence-electron chi connectivity index (χ0n) is 7.41. The minimum absolute atomic E-state index is 0.965. The van der Waals surface area contributed by atoms with Gasteiger partial charge in [0.15, 0.2) is 0 Å². The Kier molecular flexibility index (Phi) is 1.63. The van der Waals surface area contributed by atoms with Gasteiger partial charge in [0.05, 0.1) is 0 Å². The predicted molar refractivity (Wildman–Crippen MR) is 59.3 cm³/mol. The number of allylic oxidation sites excluding steroid dienone is 2. The molecule has 1 heteroatoms. The van der Waals surface area contributed by atoms with Gasteiger partial charge in [-0.1, -0.05) is 41.7 Å². The SMILES string of the molecule is CC1CC(I)C2C3C=CC(C3)C12. The van der Waals surface area contributed by atoms with Gasteiger partial charge in [-0.2, -0.15) is 0 Å². The third kappa shape index (κ3) is 0.838. The van der Waals surface area contributed by atoms with E-state index in [1.165, 1.54) is 12.8 Å². The summed E-state index contributed by atoms with van der Waals surface area (Å²) in [5, 5.41) is 0. The van der Waals surface area contributed by atoms with Crippen molar-refractivity contribution in [1.82, 2.24) is 0 Å². The van der Waals surface area contributed by atoms with Crippen LogP contribution in [-0.4, -0.2) is 3.92 Å². The number of hydrogen-bond donors (Lipinski definition) is 0. The zero-order valence-corrected chi connectivity index (χ0v) is 9.57. The summed E-state index contributed by atoms with van der Waals surface area (Å²) in [5.41, 5.74) is 0. The first-order chi connectivity index (χ1) is 5.77. The minimum Gasteiger partial charge on any atom is -0.0848 e. The number of rotatable bonds is 0. The molecule has 6 atom stereocenters. The molecule has 0 amide bonds. The van der Waals surface area contributed by atoms with Crippen molar-refractivity contribution in [3.05, 3.63) is 12.2 Å². The number of hydrogen-bond acceptors (Lipinski definition) is 0. The van der Waals surface area contributed by atoms with Crippen LogP contribution >= 0.6 is 22.6 Å². The van der Waals surface area contributed by atoms with Gasteiger partial charge in [0, 0.05) is 3.92 Å². The van der Waals surface area contributed by atoms with Crippen molar-refractivity contribution in [1.29, 1.82) is 0 Å². The molecule has 0 nitrogen and oxygen atoms in total. The Labute approximate surface area is 87.9 Å². The van der Waals surface area contributed by atoms with Crippen LogP contribution in [0.3, 0.4) is 0 Å². The van der Waals surface area contributed by atoms with Gasteiger partial charge in [-0.3, -0.25) is 0 Å². The average molecular weight is 274 g/mol. The first-order valence-electron chi connectivity index (χ1n) is 5.10. The molecule has 66 valence electrons. The molecule has 0 aromatic heterocycles. The summed E-state index contributed by atoms with van der Waals surface area (Å²) in [4.78, 5) is 0. The standard InChI is InChI=1S/C11H15I/c1-6-4-9(12)11-8-3-2-7(5-8)10(6)11/h2-3,6-11H,4-5H2,1H3. The molecule has 0 aliphatic heterocycles. The van der Waals surface area contributed by atoms with Crippen molar-refractivity contribution < 1.29 is 0 Å². The fourth-order valence-corrected chi connectivity index (χ4v) is 5.69. The molecule has 0 aromatic carbocycles. The Balaban J connectivity index is 1.98. The topological polar surface area (TPSA) is 0 Å². The highest BCUT2D eigenvalue weighted by Gasteiger charge is 2.53. The van der Waals surface area contributed by atoms with Gasteiger partial charge in [0.1, 0.15) is 0 Å². The second-order valence-electron chi connectivity index (χ2n) is 4.83. The molecule has 3 aliphatic carbocycles. The van der Waals surface area contributed by atoms with Crippen molar-refractivity contribution in [2.45, 2.75) is 23.7 Å². The van der Waals surface area contributed by atoms with Crippen LogP contribution in [0, 0.1) is 29.6 Å². The highest BCUT2D eigenvalue weighted by molar-refractivity contribution is 14.1. The summed E-state index contributed by atoms with van der Waals surface area (Å²) in [6.45, 7) is 2.46. The van der Waals surface area contributed by atoms with Crippen LogP contribution in [0.25, 0.3) is 0 Å². The fraction of sp³-hybridized carbons (Fsp3) is 0.818. The lowest BCUT2D eigenvalue weighted by molar-refractivity contribution is 0.307. The molecule has 0 heterocycles. The van der Waals surface area contributed by atoms with Crippen molar-refractivity contribution in [3.8, 4) is 0 Å². The van der Waals surface area contributed by atoms with Crippen LogP contribution in [0.15, 0.2) is 12.2 Å². The van der Waals surface area contributed by atoms with Crippen LogP contribution in [0.2, 0.25) is 0 Å². The van der Waals surface area contributed by atoms with E-state index in [0.29, 0.717) is 0 Å². The van der Waals surface area contributed by atoms with E-state index in [-0.39, 0.29) is 0 Å². The summed E-state index contributed by atoms with van der Waals surface area (Å²) in [5.74, 6) is 5.04. The Hall–Kier alpha value is 0.470. The summed E-state index contributed by atoms with van der Waals surface area (Å²) < 4.78 is 0.975. The molecule has 0 saturated heterocycles. The molecule has 12 heavy (non-hydrogen) atoms. The smallest absolute Gasteiger partial charge is 0.0149 e. The average Bonchev–Trinajstić information content (AvgIpc) is 2.64. The van der Waals surface area contributed by atoms with Crippen molar-refractivity contribution in [2.24, 2.45) is 29.6 Å². The van der Waals surface area contributed by atoms with E-state index >= 15 is 0 Å². The van der Waals surface area contributed by atoms with E-state index in [9.17, 15) is 0 Å². The molecular weight excluding hydrogens is 259 g/mol. The van der Waals surface area contributed by atoms with Gasteiger partial charge in [-0.05, 0) is 42.4 Å². The summed E-state index contributed by atoms with van der Waals surface area (Å²) in [6.07, 6.45) is 7.95. The van der Waals surface area contributed by atoms with Crippen LogP contribution in [0.4, 0.5) is 0 Å². The second-order valence-corrected chi connectivity index (χ2v) is 6.43. The molecule has 6 unspecified atom stereocenters. The van der Waals surface area contributed by atoms with Gasteiger partial charge < -0.3 is 0 Å². The monoisotopic (exact) mass is 274 g/mol. The molecule has 2 saturated carbocycles. The summed E-state index contributed by atoms with van der Waals surface area (Å²) in [6, 6.07) is 0. The lowest BCUT2D eigenvalue weighted by Gasteiger charge is -2.24. The Bertz CT molecular complexity index is 211. The van der Waals surface area contributed by atoms with Gasteiger partial charge in [0.2, 0.25) is 0 Å². The van der Waals surface area contributed by atoms with Gasteiger partial charge in [-0.25, -0.2) is 0 Å². The van der Waals surface area contributed by atoms with E-state index in [0.717, 1.165) is 33.5 Å².